The molecule has 7 nitrogen and oxygen atoms in total. The van der Waals surface area contributed by atoms with Crippen molar-refractivity contribution in [2.45, 2.75) is 37.6 Å². The van der Waals surface area contributed by atoms with Crippen molar-refractivity contribution < 1.29 is 9.21 Å². The molecule has 3 rings (SSSR count). The van der Waals surface area contributed by atoms with E-state index in [1.165, 1.54) is 30.8 Å². The van der Waals surface area contributed by atoms with Crippen LogP contribution in [0.25, 0.3) is 11.0 Å². The Hall–Kier alpha value is -2.87. The first-order valence-electron chi connectivity index (χ1n) is 8.52. The van der Waals surface area contributed by atoms with E-state index in [-0.39, 0.29) is 11.5 Å². The Kier molecular flexibility index (Phi) is 5.75. The van der Waals surface area contributed by atoms with Crippen LogP contribution in [0.2, 0.25) is 0 Å². The molecule has 27 heavy (non-hydrogen) atoms. The molecular weight excluding hydrogens is 366 g/mol. The number of aromatic amines is 1. The van der Waals surface area contributed by atoms with Crippen LogP contribution in [0.4, 0.5) is 5.69 Å². The van der Waals surface area contributed by atoms with Crippen LogP contribution < -0.4 is 16.5 Å². The summed E-state index contributed by atoms with van der Waals surface area (Å²) in [5, 5.41) is 3.95. The van der Waals surface area contributed by atoms with E-state index in [0.29, 0.717) is 22.2 Å². The summed E-state index contributed by atoms with van der Waals surface area (Å²) in [6, 6.07) is 8.10. The van der Waals surface area contributed by atoms with Crippen LogP contribution in [0.1, 0.15) is 31.5 Å². The fourth-order valence-corrected chi connectivity index (χ4v) is 3.60. The minimum Gasteiger partial charge on any atom is -0.423 e. The molecule has 1 amide bonds. The minimum absolute atomic E-state index is 0.187. The van der Waals surface area contributed by atoms with Gasteiger partial charge >= 0.3 is 5.63 Å². The van der Waals surface area contributed by atoms with E-state index < -0.39 is 5.63 Å². The number of thioether (sulfide) groups is 1. The summed E-state index contributed by atoms with van der Waals surface area (Å²) in [5.74, 6) is 0.241. The first-order valence-corrected chi connectivity index (χ1v) is 9.50. The van der Waals surface area contributed by atoms with Gasteiger partial charge in [0.25, 0.3) is 5.56 Å². The number of amides is 1. The van der Waals surface area contributed by atoms with Gasteiger partial charge in [-0.3, -0.25) is 9.59 Å². The average Bonchev–Trinajstić information content (AvgIpc) is 2.58. The van der Waals surface area contributed by atoms with E-state index >= 15 is 0 Å². The predicted octanol–water partition coefficient (Wildman–Crippen LogP) is 3.08. The molecule has 0 saturated heterocycles. The second-order valence-electron chi connectivity index (χ2n) is 6.06. The number of benzene rings is 1. The Labute approximate surface area is 159 Å². The molecular formula is C19H19N3O4S. The number of nitrogens with one attached hydrogen (secondary N) is 2. The normalized spacial score (nSPS) is 10.9. The molecule has 8 heteroatoms. The molecule has 0 bridgehead atoms. The number of nitrogens with zero attached hydrogens (tertiary/aromatic N) is 1. The molecule has 1 aromatic carbocycles. The second kappa shape index (κ2) is 8.22. The number of anilines is 1. The molecule has 140 valence electrons. The zero-order valence-corrected chi connectivity index (χ0v) is 15.8. The molecule has 0 radical (unpaired) electrons. The van der Waals surface area contributed by atoms with E-state index in [1.807, 2.05) is 6.92 Å². The molecule has 2 aromatic heterocycles. The Morgan fingerprint density at radius 2 is 2.07 bits per heavy atom. The van der Waals surface area contributed by atoms with E-state index in [4.69, 9.17) is 4.42 Å². The third-order valence-corrected chi connectivity index (χ3v) is 4.72. The molecule has 0 aliphatic rings. The summed E-state index contributed by atoms with van der Waals surface area (Å²) in [4.78, 5) is 42.1. The maximum Gasteiger partial charge on any atom is 0.336 e. The van der Waals surface area contributed by atoms with Crippen molar-refractivity contribution in [1.29, 1.82) is 0 Å². The van der Waals surface area contributed by atoms with Crippen LogP contribution in [0.3, 0.4) is 0 Å². The highest BCUT2D eigenvalue weighted by molar-refractivity contribution is 7.98. The van der Waals surface area contributed by atoms with Crippen molar-refractivity contribution in [1.82, 2.24) is 9.97 Å². The van der Waals surface area contributed by atoms with Crippen LogP contribution >= 0.6 is 11.8 Å². The first-order chi connectivity index (χ1) is 12.9. The third-order valence-electron chi connectivity index (χ3n) is 3.79. The summed E-state index contributed by atoms with van der Waals surface area (Å²) in [6.07, 6.45) is 1.64. The zero-order chi connectivity index (χ0) is 19.4. The van der Waals surface area contributed by atoms with E-state index in [2.05, 4.69) is 15.3 Å². The van der Waals surface area contributed by atoms with Crippen molar-refractivity contribution in [3.05, 3.63) is 62.4 Å². The number of hydrogen-bond donors (Lipinski definition) is 2. The third kappa shape index (κ3) is 4.85. The summed E-state index contributed by atoms with van der Waals surface area (Å²) in [7, 11) is 0. The largest absolute Gasteiger partial charge is 0.423 e. The van der Waals surface area contributed by atoms with Gasteiger partial charge in [0.1, 0.15) is 5.58 Å². The molecule has 0 aliphatic heterocycles. The SMILES string of the molecule is CCCc1cc(=O)[nH]c(SCc2cc(=O)oc3cc(NC(C)=O)ccc23)n1. The van der Waals surface area contributed by atoms with Crippen molar-refractivity contribution >= 4 is 34.3 Å². The van der Waals surface area contributed by atoms with Gasteiger partial charge in [0.15, 0.2) is 5.16 Å². The number of carbonyl (C=O) groups is 1. The highest BCUT2D eigenvalue weighted by atomic mass is 32.2. The molecule has 0 atom stereocenters. The highest BCUT2D eigenvalue weighted by Gasteiger charge is 2.09. The topological polar surface area (TPSA) is 105 Å². The van der Waals surface area contributed by atoms with Gasteiger partial charge in [-0.25, -0.2) is 9.78 Å². The van der Waals surface area contributed by atoms with Gasteiger partial charge < -0.3 is 14.7 Å². The van der Waals surface area contributed by atoms with Gasteiger partial charge in [-0.1, -0.05) is 25.1 Å². The standard InChI is InChI=1S/C19H19N3O4S/c1-3-4-13-9-17(24)22-19(21-13)27-10-12-7-18(25)26-16-8-14(20-11(2)23)5-6-15(12)16/h5-9H,3-4,10H2,1-2H3,(H,20,23)(H,21,22,24). The molecule has 0 spiro atoms. The number of hydrogen-bond acceptors (Lipinski definition) is 6. The van der Waals surface area contributed by atoms with Crippen LogP contribution in [0.15, 0.2) is 49.5 Å². The quantitative estimate of drug-likeness (QED) is 0.384. The average molecular weight is 385 g/mol. The number of carbonyl (C=O) groups excluding carboxylic acids is 1. The van der Waals surface area contributed by atoms with Crippen LogP contribution in [0.5, 0.6) is 0 Å². The minimum atomic E-state index is -0.473. The van der Waals surface area contributed by atoms with Crippen molar-refractivity contribution in [2.24, 2.45) is 0 Å². The lowest BCUT2D eigenvalue weighted by Crippen LogP contribution is -2.10. The molecule has 0 saturated carbocycles. The summed E-state index contributed by atoms with van der Waals surface area (Å²) in [6.45, 7) is 3.44. The van der Waals surface area contributed by atoms with Gasteiger partial charge in [-0.15, -0.1) is 0 Å². The molecule has 2 N–H and O–H groups in total. The number of fused-ring (bicyclic) bond motifs is 1. The monoisotopic (exact) mass is 385 g/mol. The molecule has 0 unspecified atom stereocenters. The Morgan fingerprint density at radius 3 is 2.81 bits per heavy atom. The maximum absolute atomic E-state index is 11.9. The van der Waals surface area contributed by atoms with Gasteiger partial charge in [-0.2, -0.15) is 0 Å². The zero-order valence-electron chi connectivity index (χ0n) is 15.0. The predicted molar refractivity (Wildman–Crippen MR) is 105 cm³/mol. The Balaban J connectivity index is 1.89. The number of rotatable bonds is 6. The lowest BCUT2D eigenvalue weighted by Gasteiger charge is -2.08. The summed E-state index contributed by atoms with van der Waals surface area (Å²) in [5.41, 5.74) is 1.81. The fraction of sp³-hybridized carbons (Fsp3) is 0.263. The number of aryl methyl sites for hydroxylation is 1. The Morgan fingerprint density at radius 1 is 1.26 bits per heavy atom. The van der Waals surface area contributed by atoms with E-state index in [1.54, 1.807) is 18.2 Å². The smallest absolute Gasteiger partial charge is 0.336 e. The van der Waals surface area contributed by atoms with Crippen molar-refractivity contribution in [2.75, 3.05) is 5.32 Å². The van der Waals surface area contributed by atoms with Crippen molar-refractivity contribution in [3.63, 3.8) is 0 Å². The summed E-state index contributed by atoms with van der Waals surface area (Å²) < 4.78 is 5.26. The molecule has 0 aliphatic carbocycles. The summed E-state index contributed by atoms with van der Waals surface area (Å²) >= 11 is 1.35. The van der Waals surface area contributed by atoms with Crippen molar-refractivity contribution in [3.8, 4) is 0 Å². The van der Waals surface area contributed by atoms with Gasteiger partial charge in [0, 0.05) is 47.6 Å². The van der Waals surface area contributed by atoms with Crippen LogP contribution in [0, 0.1) is 0 Å². The van der Waals surface area contributed by atoms with Crippen LogP contribution in [-0.4, -0.2) is 15.9 Å². The van der Waals surface area contributed by atoms with Gasteiger partial charge in [0.2, 0.25) is 5.91 Å². The lowest BCUT2D eigenvalue weighted by atomic mass is 10.1. The lowest BCUT2D eigenvalue weighted by molar-refractivity contribution is -0.114. The molecule has 0 fully saturated rings. The number of H-pyrrole nitrogens is 1. The van der Waals surface area contributed by atoms with Gasteiger partial charge in [-0.05, 0) is 24.1 Å². The fourth-order valence-electron chi connectivity index (χ4n) is 2.71. The molecule has 2 heterocycles. The van der Waals surface area contributed by atoms with E-state index in [9.17, 15) is 14.4 Å². The number of aromatic nitrogens is 2. The molecule has 3 aromatic rings. The maximum atomic E-state index is 11.9. The first kappa shape index (κ1) is 18.9. The van der Waals surface area contributed by atoms with E-state index in [0.717, 1.165) is 29.5 Å². The van der Waals surface area contributed by atoms with Gasteiger partial charge in [0.05, 0.1) is 0 Å². The highest BCUT2D eigenvalue weighted by Crippen LogP contribution is 2.26. The van der Waals surface area contributed by atoms with Crippen LogP contribution in [-0.2, 0) is 17.0 Å². The second-order valence-corrected chi connectivity index (χ2v) is 7.03. The Bertz CT molecular complexity index is 1100.